The van der Waals surface area contributed by atoms with Gasteiger partial charge in [0.25, 0.3) is 0 Å². The maximum absolute atomic E-state index is 11.4. The molecule has 0 heterocycles. The van der Waals surface area contributed by atoms with Gasteiger partial charge in [-0.2, -0.15) is 0 Å². The van der Waals surface area contributed by atoms with Gasteiger partial charge in [-0.25, -0.2) is 13.6 Å². The Kier molecular flexibility index (Phi) is 11.6. The SMILES string of the molecule is NS(=O)(=O)c1ccc(O)c(N=Nc2c(O)ccc3ccccc23)c1.O=S([O-])Nc1ccc(O)c(N=Nc2c(O)ccc3ccccc23)c1.[Fe]. The molecule has 0 bridgehead atoms. The van der Waals surface area contributed by atoms with Gasteiger partial charge in [0.15, 0.2) is 0 Å². The van der Waals surface area contributed by atoms with Gasteiger partial charge in [0.05, 0.1) is 4.90 Å². The number of nitrogens with zero attached hydrogens (tertiary/aromatic N) is 4. The number of benzene rings is 6. The van der Waals surface area contributed by atoms with Gasteiger partial charge in [-0.05, 0) is 59.3 Å². The number of azo groups is 2. The molecule has 6 aromatic carbocycles. The predicted octanol–water partition coefficient (Wildman–Crippen LogP) is 7.18. The Balaban J connectivity index is 0.000000216. The molecule has 0 aliphatic rings. The molecule has 0 saturated carbocycles. The smallest absolute Gasteiger partial charge is 0.238 e. The van der Waals surface area contributed by atoms with E-state index in [4.69, 9.17) is 5.14 Å². The van der Waals surface area contributed by atoms with Crippen LogP contribution in [0, 0.1) is 0 Å². The van der Waals surface area contributed by atoms with E-state index in [-0.39, 0.29) is 73.4 Å². The van der Waals surface area contributed by atoms with E-state index in [2.05, 4.69) is 25.2 Å². The van der Waals surface area contributed by atoms with Crippen molar-refractivity contribution < 1.29 is 54.7 Å². The average molecular weight is 742 g/mol. The third kappa shape index (κ3) is 8.94. The largest absolute Gasteiger partial charge is 0.755 e. The minimum atomic E-state index is -3.93. The normalized spacial score (nSPS) is 12.0. The number of anilines is 1. The molecule has 1 unspecified atom stereocenters. The summed E-state index contributed by atoms with van der Waals surface area (Å²) in [4.78, 5) is -0.198. The molecule has 7 N–H and O–H groups in total. The summed E-state index contributed by atoms with van der Waals surface area (Å²) in [6.07, 6.45) is 0. The van der Waals surface area contributed by atoms with E-state index in [1.165, 1.54) is 36.4 Å². The molecule has 0 saturated heterocycles. The molecule has 0 aliphatic carbocycles. The summed E-state index contributed by atoms with van der Waals surface area (Å²) < 4.78 is 46.3. The van der Waals surface area contributed by atoms with Crippen LogP contribution < -0.4 is 9.86 Å². The number of phenolic OH excluding ortho intramolecular Hbond substituents is 4. The Morgan fingerprint density at radius 2 is 1.06 bits per heavy atom. The number of rotatable bonds is 7. The average Bonchev–Trinajstić information content (AvgIpc) is 3.05. The van der Waals surface area contributed by atoms with Gasteiger partial charge in [0, 0.05) is 44.8 Å². The summed E-state index contributed by atoms with van der Waals surface area (Å²) in [5.41, 5.74) is 0.704. The van der Waals surface area contributed by atoms with Crippen molar-refractivity contribution in [3.63, 3.8) is 0 Å². The molecule has 0 radical (unpaired) electrons. The van der Waals surface area contributed by atoms with Crippen molar-refractivity contribution in [3.8, 4) is 23.0 Å². The van der Waals surface area contributed by atoms with Gasteiger partial charge in [0.1, 0.15) is 45.7 Å². The van der Waals surface area contributed by atoms with Crippen LogP contribution in [0.2, 0.25) is 0 Å². The first-order valence-corrected chi connectivity index (χ1v) is 16.3. The van der Waals surface area contributed by atoms with E-state index >= 15 is 0 Å². The van der Waals surface area contributed by atoms with Gasteiger partial charge in [-0.1, -0.05) is 60.7 Å². The molecule has 14 nitrogen and oxygen atoms in total. The number of nitrogens with one attached hydrogen (secondary N) is 1. The number of primary sulfonamides is 1. The monoisotopic (exact) mass is 741 g/mol. The molecule has 0 aromatic heterocycles. The Labute approximate surface area is 292 Å². The van der Waals surface area contributed by atoms with Gasteiger partial charge in [-0.3, -0.25) is 4.21 Å². The quantitative estimate of drug-likeness (QED) is 0.0422. The Hall–Kier alpha value is -5.42. The molecule has 0 aliphatic heterocycles. The number of fused-ring (bicyclic) bond motifs is 2. The molecule has 6 aromatic rings. The van der Waals surface area contributed by atoms with Crippen LogP contribution in [0.25, 0.3) is 21.5 Å². The third-order valence-electron chi connectivity index (χ3n) is 6.73. The standard InChI is InChI=1S/2C16H13N3O4S.Fe/c17-24(22,23)11-6-8-14(20)13(9-11)18-19-16-12-4-2-1-3-10(12)5-7-15(16)21;20-14-8-6-11(19-24(22)23)9-13(14)17-18-16-12-4-2-1-3-10(12)5-7-15(16)21;/h1-9,20-21H,(H2,17,22,23);1-9,19-21H,(H,22,23);/p-1. The summed E-state index contributed by atoms with van der Waals surface area (Å²) in [6.45, 7) is 0. The molecule has 0 fully saturated rings. The summed E-state index contributed by atoms with van der Waals surface area (Å²) in [7, 11) is -3.93. The van der Waals surface area contributed by atoms with Crippen molar-refractivity contribution >= 4 is 71.3 Å². The van der Waals surface area contributed by atoms with Crippen molar-refractivity contribution in [2.45, 2.75) is 4.90 Å². The zero-order valence-corrected chi connectivity index (χ0v) is 27.6. The van der Waals surface area contributed by atoms with Crippen LogP contribution in [-0.2, 0) is 38.4 Å². The fourth-order valence-corrected chi connectivity index (χ4v) is 5.28. The fraction of sp³-hybridized carbons (Fsp3) is 0. The minimum absolute atomic E-state index is 0. The Bertz CT molecular complexity index is 2360. The summed E-state index contributed by atoms with van der Waals surface area (Å²) >= 11 is -2.49. The van der Waals surface area contributed by atoms with Crippen LogP contribution in [0.4, 0.5) is 28.4 Å². The summed E-state index contributed by atoms with van der Waals surface area (Å²) in [5.74, 6) is -0.557. The third-order valence-corrected chi connectivity index (χ3v) is 8.04. The van der Waals surface area contributed by atoms with E-state index in [9.17, 15) is 37.6 Å². The van der Waals surface area contributed by atoms with E-state index < -0.39 is 21.3 Å². The molecular formula is C32H25FeN6O8S2-. The molecular weight excluding hydrogens is 716 g/mol. The first-order valence-electron chi connectivity index (χ1n) is 13.7. The van der Waals surface area contributed by atoms with Crippen molar-refractivity contribution in [2.24, 2.45) is 25.6 Å². The topological polar surface area (TPSA) is 243 Å². The van der Waals surface area contributed by atoms with Gasteiger partial charge in [-0.15, -0.1) is 20.5 Å². The zero-order chi connectivity index (χ0) is 34.4. The molecule has 0 spiro atoms. The first-order chi connectivity index (χ1) is 22.9. The molecule has 252 valence electrons. The summed E-state index contributed by atoms with van der Waals surface area (Å²) in [6, 6.07) is 28.6. The molecule has 0 amide bonds. The van der Waals surface area contributed by atoms with E-state index in [0.29, 0.717) is 10.8 Å². The van der Waals surface area contributed by atoms with Crippen LogP contribution in [0.1, 0.15) is 0 Å². The molecule has 17 heteroatoms. The van der Waals surface area contributed by atoms with E-state index in [0.717, 1.165) is 22.9 Å². The van der Waals surface area contributed by atoms with Crippen molar-refractivity contribution in [2.75, 3.05) is 4.72 Å². The van der Waals surface area contributed by atoms with Crippen LogP contribution in [0.3, 0.4) is 0 Å². The van der Waals surface area contributed by atoms with Crippen molar-refractivity contribution in [1.29, 1.82) is 0 Å². The van der Waals surface area contributed by atoms with Gasteiger partial charge < -0.3 is 29.7 Å². The van der Waals surface area contributed by atoms with Gasteiger partial charge >= 0.3 is 0 Å². The van der Waals surface area contributed by atoms with Crippen molar-refractivity contribution in [3.05, 3.63) is 109 Å². The number of sulfonamides is 1. The number of hydrogen-bond donors (Lipinski definition) is 6. The fourth-order valence-electron chi connectivity index (χ4n) is 4.43. The van der Waals surface area contributed by atoms with Crippen LogP contribution in [-0.4, -0.2) is 37.6 Å². The molecule has 1 atom stereocenters. The van der Waals surface area contributed by atoms with Crippen molar-refractivity contribution in [1.82, 2.24) is 0 Å². The number of nitrogens with two attached hydrogens (primary N) is 1. The number of phenols is 4. The number of hydrogen-bond acceptors (Lipinski definition) is 12. The minimum Gasteiger partial charge on any atom is -0.755 e. The van der Waals surface area contributed by atoms with E-state index in [1.807, 2.05) is 30.3 Å². The predicted molar refractivity (Wildman–Crippen MR) is 180 cm³/mol. The zero-order valence-electron chi connectivity index (χ0n) is 24.9. The summed E-state index contributed by atoms with van der Waals surface area (Å²) in [5, 5.41) is 63.6. The van der Waals surface area contributed by atoms with E-state index in [1.54, 1.807) is 30.3 Å². The Morgan fingerprint density at radius 1 is 0.612 bits per heavy atom. The Morgan fingerprint density at radius 3 is 1.55 bits per heavy atom. The second-order valence-electron chi connectivity index (χ2n) is 9.94. The second kappa shape index (κ2) is 15.7. The number of aromatic hydroxyl groups is 4. The van der Waals surface area contributed by atoms with Gasteiger partial charge in [0.2, 0.25) is 10.0 Å². The maximum Gasteiger partial charge on any atom is 0.238 e. The van der Waals surface area contributed by atoms with Crippen LogP contribution >= 0.6 is 0 Å². The molecule has 6 rings (SSSR count). The molecule has 49 heavy (non-hydrogen) atoms. The van der Waals surface area contributed by atoms with Crippen LogP contribution in [0.5, 0.6) is 23.0 Å². The first kappa shape index (κ1) is 36.4. The second-order valence-corrected chi connectivity index (χ2v) is 12.2. The van der Waals surface area contributed by atoms with Crippen LogP contribution in [0.15, 0.2) is 135 Å². The maximum atomic E-state index is 11.4.